The Morgan fingerprint density at radius 3 is 2.38 bits per heavy atom. The Hall–Kier alpha value is -2.08. The molecule has 110 valence electrons. The van der Waals surface area contributed by atoms with Crippen LogP contribution in [-0.2, 0) is 0 Å². The summed E-state index contributed by atoms with van der Waals surface area (Å²) in [5, 5.41) is 0. The van der Waals surface area contributed by atoms with Gasteiger partial charge >= 0.3 is 0 Å². The van der Waals surface area contributed by atoms with E-state index in [1.807, 2.05) is 0 Å². The molecule has 0 fully saturated rings. The number of carbonyl (C=O) groups is 1. The van der Waals surface area contributed by atoms with E-state index >= 15 is 0 Å². The number of hydrogen-bond donors (Lipinski definition) is 1. The number of carbonyl (C=O) groups excluding carboxylic acids is 1. The molecule has 4 nitrogen and oxygen atoms in total. The molecule has 0 aromatic heterocycles. The van der Waals surface area contributed by atoms with Crippen LogP contribution >= 0.6 is 15.9 Å². The molecule has 2 rings (SSSR count). The lowest BCUT2D eigenvalue weighted by molar-refractivity contribution is 0.103. The molecule has 0 atom stereocenters. The van der Waals surface area contributed by atoms with Crippen molar-refractivity contribution in [2.24, 2.45) is 0 Å². The van der Waals surface area contributed by atoms with Crippen LogP contribution in [0.4, 0.5) is 10.1 Å². The lowest BCUT2D eigenvalue weighted by Crippen LogP contribution is -2.06. The van der Waals surface area contributed by atoms with Crippen LogP contribution in [0, 0.1) is 5.82 Å². The highest BCUT2D eigenvalue weighted by Gasteiger charge is 2.18. The van der Waals surface area contributed by atoms with Crippen molar-refractivity contribution in [2.45, 2.75) is 0 Å². The summed E-state index contributed by atoms with van der Waals surface area (Å²) in [6.45, 7) is 0. The number of benzene rings is 2. The van der Waals surface area contributed by atoms with Gasteiger partial charge in [0, 0.05) is 5.56 Å². The quantitative estimate of drug-likeness (QED) is 0.675. The van der Waals surface area contributed by atoms with E-state index in [9.17, 15) is 9.18 Å². The highest BCUT2D eigenvalue weighted by Crippen LogP contribution is 2.34. The van der Waals surface area contributed by atoms with Gasteiger partial charge in [-0.1, -0.05) is 0 Å². The number of rotatable bonds is 4. The van der Waals surface area contributed by atoms with Crippen LogP contribution in [0.2, 0.25) is 0 Å². The second-order valence-corrected chi connectivity index (χ2v) is 5.11. The zero-order chi connectivity index (χ0) is 15.6. The van der Waals surface area contributed by atoms with Crippen LogP contribution in [0.25, 0.3) is 0 Å². The van der Waals surface area contributed by atoms with Gasteiger partial charge in [-0.25, -0.2) is 4.39 Å². The molecule has 0 bridgehead atoms. The van der Waals surface area contributed by atoms with Crippen molar-refractivity contribution in [1.82, 2.24) is 0 Å². The van der Waals surface area contributed by atoms with E-state index in [0.29, 0.717) is 21.5 Å². The molecule has 0 aliphatic carbocycles. The molecule has 6 heteroatoms. The summed E-state index contributed by atoms with van der Waals surface area (Å²) in [5.74, 6) is -0.0129. The van der Waals surface area contributed by atoms with Crippen LogP contribution in [0.3, 0.4) is 0 Å². The lowest BCUT2D eigenvalue weighted by atomic mass is 10.0. The van der Waals surface area contributed by atoms with Crippen molar-refractivity contribution in [3.63, 3.8) is 0 Å². The molecule has 0 unspecified atom stereocenters. The number of halogens is 2. The Morgan fingerprint density at radius 1 is 1.14 bits per heavy atom. The van der Waals surface area contributed by atoms with Gasteiger partial charge in [-0.15, -0.1) is 0 Å². The molecule has 2 aromatic rings. The fourth-order valence-corrected chi connectivity index (χ4v) is 2.36. The number of hydrogen-bond acceptors (Lipinski definition) is 4. The Labute approximate surface area is 129 Å². The van der Waals surface area contributed by atoms with E-state index in [2.05, 4.69) is 15.9 Å². The smallest absolute Gasteiger partial charge is 0.196 e. The van der Waals surface area contributed by atoms with E-state index in [1.54, 1.807) is 12.1 Å². The zero-order valence-corrected chi connectivity index (χ0v) is 13.0. The number of nitrogen functional groups attached to an aromatic ring is 1. The van der Waals surface area contributed by atoms with E-state index in [1.165, 1.54) is 26.4 Å². The number of ether oxygens (including phenoxy) is 2. The highest BCUT2D eigenvalue weighted by atomic mass is 79.9. The summed E-state index contributed by atoms with van der Waals surface area (Å²) in [5.41, 5.74) is 6.00. The van der Waals surface area contributed by atoms with Gasteiger partial charge in [0.1, 0.15) is 17.3 Å². The van der Waals surface area contributed by atoms with E-state index in [4.69, 9.17) is 15.2 Å². The highest BCUT2D eigenvalue weighted by molar-refractivity contribution is 9.10. The minimum atomic E-state index is -0.563. The summed E-state index contributed by atoms with van der Waals surface area (Å²) < 4.78 is 24.2. The van der Waals surface area contributed by atoms with E-state index < -0.39 is 5.82 Å². The molecular weight excluding hydrogens is 341 g/mol. The van der Waals surface area contributed by atoms with Crippen molar-refractivity contribution in [3.8, 4) is 11.5 Å². The third-order valence-corrected chi connectivity index (χ3v) is 3.60. The maximum atomic E-state index is 13.2. The third-order valence-electron chi connectivity index (χ3n) is 2.98. The second-order valence-electron chi connectivity index (χ2n) is 4.25. The van der Waals surface area contributed by atoms with Crippen LogP contribution < -0.4 is 15.2 Å². The van der Waals surface area contributed by atoms with Gasteiger partial charge in [0.2, 0.25) is 0 Å². The first-order valence-corrected chi connectivity index (χ1v) is 6.78. The van der Waals surface area contributed by atoms with Gasteiger partial charge in [0.05, 0.1) is 29.9 Å². The molecule has 0 amide bonds. The minimum Gasteiger partial charge on any atom is -0.496 e. The summed E-state index contributed by atoms with van der Waals surface area (Å²) >= 11 is 3.32. The maximum Gasteiger partial charge on any atom is 0.196 e. The standard InChI is InChI=1S/C15H13BrFNO3/c1-20-13-7-10(16)14(21-2)6-9(13)15(19)8-3-4-11(17)12(18)5-8/h3-7H,18H2,1-2H3. The molecule has 0 saturated heterocycles. The normalized spacial score (nSPS) is 10.3. The monoisotopic (exact) mass is 353 g/mol. The van der Waals surface area contributed by atoms with Crippen LogP contribution in [0.5, 0.6) is 11.5 Å². The van der Waals surface area contributed by atoms with Crippen molar-refractivity contribution < 1.29 is 18.7 Å². The summed E-state index contributed by atoms with van der Waals surface area (Å²) in [7, 11) is 2.96. The predicted molar refractivity (Wildman–Crippen MR) is 81.5 cm³/mol. The van der Waals surface area contributed by atoms with Crippen molar-refractivity contribution in [2.75, 3.05) is 20.0 Å². The first-order valence-electron chi connectivity index (χ1n) is 5.99. The third kappa shape index (κ3) is 3.00. The Bertz CT molecular complexity index is 704. The van der Waals surface area contributed by atoms with Crippen molar-refractivity contribution >= 4 is 27.4 Å². The van der Waals surface area contributed by atoms with Crippen LogP contribution in [-0.4, -0.2) is 20.0 Å². The largest absolute Gasteiger partial charge is 0.496 e. The van der Waals surface area contributed by atoms with Crippen molar-refractivity contribution in [1.29, 1.82) is 0 Å². The molecule has 21 heavy (non-hydrogen) atoms. The van der Waals surface area contributed by atoms with Gasteiger partial charge in [-0.2, -0.15) is 0 Å². The average molecular weight is 354 g/mol. The van der Waals surface area contributed by atoms with Crippen molar-refractivity contribution in [3.05, 3.63) is 51.7 Å². The SMILES string of the molecule is COc1cc(C(=O)c2ccc(F)c(N)c2)c(OC)cc1Br. The Kier molecular flexibility index (Phi) is 4.47. The fraction of sp³-hybridized carbons (Fsp3) is 0.133. The molecule has 0 heterocycles. The first kappa shape index (κ1) is 15.3. The topological polar surface area (TPSA) is 61.5 Å². The fourth-order valence-electron chi connectivity index (χ4n) is 1.88. The second kappa shape index (κ2) is 6.13. The van der Waals surface area contributed by atoms with Crippen LogP contribution in [0.1, 0.15) is 15.9 Å². The molecule has 2 N–H and O–H groups in total. The molecule has 0 radical (unpaired) electrons. The molecule has 0 aliphatic rings. The van der Waals surface area contributed by atoms with Gasteiger partial charge in [-0.3, -0.25) is 4.79 Å². The lowest BCUT2D eigenvalue weighted by Gasteiger charge is -2.12. The van der Waals surface area contributed by atoms with Gasteiger partial charge in [0.25, 0.3) is 0 Å². The molecule has 0 saturated carbocycles. The Morgan fingerprint density at radius 2 is 1.81 bits per heavy atom. The minimum absolute atomic E-state index is 0.0797. The van der Waals surface area contributed by atoms with Gasteiger partial charge in [-0.05, 0) is 46.3 Å². The van der Waals surface area contributed by atoms with Crippen LogP contribution in [0.15, 0.2) is 34.8 Å². The van der Waals surface area contributed by atoms with Gasteiger partial charge < -0.3 is 15.2 Å². The Balaban J connectivity index is 2.53. The molecule has 0 aliphatic heterocycles. The predicted octanol–water partition coefficient (Wildman–Crippen LogP) is 3.42. The van der Waals surface area contributed by atoms with Gasteiger partial charge in [0.15, 0.2) is 5.78 Å². The molecule has 0 spiro atoms. The van der Waals surface area contributed by atoms with E-state index in [-0.39, 0.29) is 17.0 Å². The summed E-state index contributed by atoms with van der Waals surface area (Å²) in [6, 6.07) is 7.03. The molecular formula is C15H13BrFNO3. The number of anilines is 1. The maximum absolute atomic E-state index is 13.2. The average Bonchev–Trinajstić information content (AvgIpc) is 2.49. The summed E-state index contributed by atoms with van der Waals surface area (Å²) in [4.78, 5) is 12.5. The first-order chi connectivity index (χ1) is 9.97. The number of methoxy groups -OCH3 is 2. The number of nitrogens with two attached hydrogens (primary N) is 1. The van der Waals surface area contributed by atoms with E-state index in [0.717, 1.165) is 6.07 Å². The molecule has 2 aromatic carbocycles. The summed E-state index contributed by atoms with van der Waals surface area (Å²) in [6.07, 6.45) is 0. The zero-order valence-electron chi connectivity index (χ0n) is 11.4. The number of ketones is 1.